The Morgan fingerprint density at radius 3 is 2.62 bits per heavy atom. The van der Waals surface area contributed by atoms with Crippen molar-refractivity contribution in [2.24, 2.45) is 0 Å². The molecule has 0 radical (unpaired) electrons. The minimum atomic E-state index is -3.04. The Hall–Kier alpha value is -3.26. The number of nitrogens with one attached hydrogen (secondary N) is 1. The van der Waals surface area contributed by atoms with E-state index in [0.29, 0.717) is 16.1 Å². The average molecular weight is 421 g/mol. The zero-order valence-electron chi connectivity index (χ0n) is 15.1. The molecule has 0 aliphatic heterocycles. The van der Waals surface area contributed by atoms with E-state index in [9.17, 15) is 18.4 Å². The predicted octanol–water partition coefficient (Wildman–Crippen LogP) is 4.67. The molecule has 9 heteroatoms. The van der Waals surface area contributed by atoms with Crippen LogP contribution in [0.5, 0.6) is 5.75 Å². The van der Waals surface area contributed by atoms with Crippen molar-refractivity contribution in [2.45, 2.75) is 19.6 Å². The number of hydrogen-bond acceptors (Lipinski definition) is 5. The zero-order valence-corrected chi connectivity index (χ0v) is 15.8. The molecular formula is C20H15ClF2N2O4. The van der Waals surface area contributed by atoms with Gasteiger partial charge in [0.2, 0.25) is 0 Å². The standard InChI is InChI=1S/C20H15ClF2N2O4/c1-11(18(26)25-15-4-2-3-5-16(15)29-20(22)23)28-19(27)13-6-8-14-12(10-13)7-9-17(21)24-14/h2-11,20H,1H3,(H,25,26). The van der Waals surface area contributed by atoms with Gasteiger partial charge in [-0.25, -0.2) is 9.78 Å². The highest BCUT2D eigenvalue weighted by molar-refractivity contribution is 6.29. The van der Waals surface area contributed by atoms with Crippen molar-refractivity contribution in [3.63, 3.8) is 0 Å². The van der Waals surface area contributed by atoms with Crippen molar-refractivity contribution in [3.8, 4) is 5.75 Å². The van der Waals surface area contributed by atoms with Crippen molar-refractivity contribution in [2.75, 3.05) is 5.32 Å². The van der Waals surface area contributed by atoms with Gasteiger partial charge in [0.25, 0.3) is 5.91 Å². The SMILES string of the molecule is CC(OC(=O)c1ccc2nc(Cl)ccc2c1)C(=O)Nc1ccccc1OC(F)F. The normalized spacial score (nSPS) is 11.9. The van der Waals surface area contributed by atoms with Crippen LogP contribution in [0.25, 0.3) is 10.9 Å². The number of amides is 1. The van der Waals surface area contributed by atoms with Crippen molar-refractivity contribution < 1.29 is 27.8 Å². The second kappa shape index (κ2) is 8.83. The van der Waals surface area contributed by atoms with Crippen LogP contribution >= 0.6 is 11.6 Å². The number of anilines is 1. The summed E-state index contributed by atoms with van der Waals surface area (Å²) in [6.07, 6.45) is -1.18. The largest absolute Gasteiger partial charge is 0.449 e. The number of carbonyl (C=O) groups is 2. The summed E-state index contributed by atoms with van der Waals surface area (Å²) in [6, 6.07) is 13.7. The number of hydrogen-bond donors (Lipinski definition) is 1. The van der Waals surface area contributed by atoms with Gasteiger partial charge in [0.15, 0.2) is 6.10 Å². The molecule has 150 valence electrons. The number of alkyl halides is 2. The summed E-state index contributed by atoms with van der Waals surface area (Å²) in [5.41, 5.74) is 0.868. The molecule has 0 bridgehead atoms. The molecule has 1 N–H and O–H groups in total. The van der Waals surface area contributed by atoms with Gasteiger partial charge in [-0.1, -0.05) is 23.7 Å². The lowest BCUT2D eigenvalue weighted by Crippen LogP contribution is -2.30. The summed E-state index contributed by atoms with van der Waals surface area (Å²) in [6.45, 7) is -1.67. The fraction of sp³-hybridized carbons (Fsp3) is 0.150. The maximum Gasteiger partial charge on any atom is 0.387 e. The number of para-hydroxylation sites is 2. The van der Waals surface area contributed by atoms with E-state index in [-0.39, 0.29) is 17.0 Å². The molecule has 0 saturated heterocycles. The van der Waals surface area contributed by atoms with Crippen molar-refractivity contribution >= 4 is 40.1 Å². The maximum atomic E-state index is 12.5. The average Bonchev–Trinajstić information content (AvgIpc) is 2.68. The monoisotopic (exact) mass is 420 g/mol. The lowest BCUT2D eigenvalue weighted by molar-refractivity contribution is -0.123. The van der Waals surface area contributed by atoms with E-state index >= 15 is 0 Å². The zero-order chi connectivity index (χ0) is 21.0. The molecule has 0 fully saturated rings. The van der Waals surface area contributed by atoms with Crippen LogP contribution in [-0.4, -0.2) is 29.6 Å². The van der Waals surface area contributed by atoms with Crippen LogP contribution < -0.4 is 10.1 Å². The van der Waals surface area contributed by atoms with E-state index in [1.165, 1.54) is 31.2 Å². The Morgan fingerprint density at radius 2 is 1.86 bits per heavy atom. The Balaban J connectivity index is 1.68. The molecule has 2 aromatic carbocycles. The first-order chi connectivity index (χ1) is 13.8. The summed E-state index contributed by atoms with van der Waals surface area (Å²) >= 11 is 5.83. The summed E-state index contributed by atoms with van der Waals surface area (Å²) in [7, 11) is 0. The van der Waals surface area contributed by atoms with Crippen LogP contribution in [0.2, 0.25) is 5.15 Å². The number of rotatable bonds is 6. The molecule has 1 amide bonds. The second-order valence-corrected chi connectivity index (χ2v) is 6.34. The van der Waals surface area contributed by atoms with Crippen molar-refractivity contribution in [3.05, 3.63) is 65.3 Å². The van der Waals surface area contributed by atoms with Crippen molar-refractivity contribution in [1.82, 2.24) is 4.98 Å². The predicted molar refractivity (Wildman–Crippen MR) is 103 cm³/mol. The molecule has 3 aromatic rings. The molecule has 6 nitrogen and oxygen atoms in total. The van der Waals surface area contributed by atoms with E-state index < -0.39 is 24.6 Å². The number of esters is 1. The van der Waals surface area contributed by atoms with Crippen LogP contribution in [0, 0.1) is 0 Å². The Morgan fingerprint density at radius 1 is 1.10 bits per heavy atom. The van der Waals surface area contributed by atoms with Crippen LogP contribution in [0.1, 0.15) is 17.3 Å². The molecule has 0 aliphatic rings. The highest BCUT2D eigenvalue weighted by Gasteiger charge is 2.21. The lowest BCUT2D eigenvalue weighted by Gasteiger charge is -2.16. The first-order valence-electron chi connectivity index (χ1n) is 8.45. The number of carbonyl (C=O) groups excluding carboxylic acids is 2. The molecule has 1 heterocycles. The topological polar surface area (TPSA) is 77.5 Å². The fourth-order valence-electron chi connectivity index (χ4n) is 2.51. The van der Waals surface area contributed by atoms with Gasteiger partial charge in [0.1, 0.15) is 10.9 Å². The first kappa shape index (κ1) is 20.5. The van der Waals surface area contributed by atoms with E-state index in [0.717, 1.165) is 0 Å². The van der Waals surface area contributed by atoms with Gasteiger partial charge in [0.05, 0.1) is 16.8 Å². The van der Waals surface area contributed by atoms with Gasteiger partial charge in [0, 0.05) is 5.39 Å². The number of fused-ring (bicyclic) bond motifs is 1. The number of pyridine rings is 1. The third-order valence-corrected chi connectivity index (χ3v) is 4.12. The quantitative estimate of drug-likeness (QED) is 0.463. The second-order valence-electron chi connectivity index (χ2n) is 5.95. The smallest absolute Gasteiger partial charge is 0.387 e. The number of ether oxygens (including phenoxy) is 2. The molecule has 1 aromatic heterocycles. The molecule has 3 rings (SSSR count). The lowest BCUT2D eigenvalue weighted by atomic mass is 10.1. The summed E-state index contributed by atoms with van der Waals surface area (Å²) < 4.78 is 34.5. The van der Waals surface area contributed by atoms with Crippen LogP contribution in [0.15, 0.2) is 54.6 Å². The van der Waals surface area contributed by atoms with Gasteiger partial charge < -0.3 is 14.8 Å². The number of halogens is 3. The van der Waals surface area contributed by atoms with Gasteiger partial charge in [-0.3, -0.25) is 4.79 Å². The van der Waals surface area contributed by atoms with E-state index in [1.54, 1.807) is 30.3 Å². The van der Waals surface area contributed by atoms with Crippen LogP contribution in [0.3, 0.4) is 0 Å². The van der Waals surface area contributed by atoms with Gasteiger partial charge in [-0.2, -0.15) is 8.78 Å². The van der Waals surface area contributed by atoms with E-state index in [2.05, 4.69) is 15.0 Å². The molecule has 0 saturated carbocycles. The maximum absolute atomic E-state index is 12.5. The van der Waals surface area contributed by atoms with Gasteiger partial charge in [-0.05, 0) is 49.4 Å². The summed E-state index contributed by atoms with van der Waals surface area (Å²) in [5.74, 6) is -1.62. The number of aromatic nitrogens is 1. The van der Waals surface area contributed by atoms with Crippen molar-refractivity contribution in [1.29, 1.82) is 0 Å². The third kappa shape index (κ3) is 5.17. The molecule has 29 heavy (non-hydrogen) atoms. The molecule has 1 atom stereocenters. The number of nitrogens with zero attached hydrogens (tertiary/aromatic N) is 1. The van der Waals surface area contributed by atoms with Crippen LogP contribution in [0.4, 0.5) is 14.5 Å². The summed E-state index contributed by atoms with van der Waals surface area (Å²) in [4.78, 5) is 28.8. The molecular weight excluding hydrogens is 406 g/mol. The minimum absolute atomic E-state index is 0.0364. The number of benzene rings is 2. The fourth-order valence-corrected chi connectivity index (χ4v) is 2.67. The highest BCUT2D eigenvalue weighted by atomic mass is 35.5. The molecule has 1 unspecified atom stereocenters. The Kier molecular flexibility index (Phi) is 6.23. The van der Waals surface area contributed by atoms with Crippen LogP contribution in [-0.2, 0) is 9.53 Å². The van der Waals surface area contributed by atoms with E-state index in [4.69, 9.17) is 16.3 Å². The van der Waals surface area contributed by atoms with Gasteiger partial charge in [-0.15, -0.1) is 0 Å². The Bertz CT molecular complexity index is 1060. The third-order valence-electron chi connectivity index (χ3n) is 3.90. The van der Waals surface area contributed by atoms with Gasteiger partial charge >= 0.3 is 12.6 Å². The minimum Gasteiger partial charge on any atom is -0.449 e. The first-order valence-corrected chi connectivity index (χ1v) is 8.83. The Labute approximate surface area is 169 Å². The summed E-state index contributed by atoms with van der Waals surface area (Å²) in [5, 5.41) is 3.42. The highest BCUT2D eigenvalue weighted by Crippen LogP contribution is 2.26. The van der Waals surface area contributed by atoms with E-state index in [1.807, 2.05) is 0 Å². The molecule has 0 aliphatic carbocycles. The molecule has 0 spiro atoms.